The van der Waals surface area contributed by atoms with Gasteiger partial charge in [0.1, 0.15) is 11.3 Å². The van der Waals surface area contributed by atoms with Crippen LogP contribution >= 0.6 is 0 Å². The van der Waals surface area contributed by atoms with Gasteiger partial charge in [-0.3, -0.25) is 14.9 Å². The van der Waals surface area contributed by atoms with E-state index in [1.165, 1.54) is 6.08 Å². The Balaban J connectivity index is 1.67. The van der Waals surface area contributed by atoms with Gasteiger partial charge in [-0.15, -0.1) is 0 Å². The van der Waals surface area contributed by atoms with Crippen LogP contribution in [0.15, 0.2) is 66.5 Å². The molecule has 0 radical (unpaired) electrons. The highest BCUT2D eigenvalue weighted by molar-refractivity contribution is 6.39. The Kier molecular flexibility index (Phi) is 5.17. The number of nitrogens with zero attached hydrogens (tertiary/aromatic N) is 2. The molecule has 3 aromatic rings. The number of hydrogen-bond donors (Lipinski definition) is 1. The Hall–Kier alpha value is -4.13. The normalized spacial score (nSPS) is 15.4. The molecular formula is C24H21N3O4. The van der Waals surface area contributed by atoms with Crippen LogP contribution in [0.4, 0.5) is 10.5 Å². The van der Waals surface area contributed by atoms with E-state index in [9.17, 15) is 14.4 Å². The number of benzene rings is 2. The molecule has 156 valence electrons. The van der Waals surface area contributed by atoms with Crippen LogP contribution in [0.1, 0.15) is 16.7 Å². The highest BCUT2D eigenvalue weighted by Crippen LogP contribution is 2.27. The van der Waals surface area contributed by atoms with Gasteiger partial charge < -0.3 is 9.30 Å². The van der Waals surface area contributed by atoms with Gasteiger partial charge in [0.25, 0.3) is 11.8 Å². The van der Waals surface area contributed by atoms with E-state index in [1.807, 2.05) is 54.9 Å². The number of aryl methyl sites for hydroxylation is 1. The summed E-state index contributed by atoms with van der Waals surface area (Å²) in [7, 11) is 1.60. The minimum absolute atomic E-state index is 0.104. The lowest BCUT2D eigenvalue weighted by molar-refractivity contribution is -0.122. The number of urea groups is 1. The summed E-state index contributed by atoms with van der Waals surface area (Å²) < 4.78 is 7.04. The Bertz CT molecular complexity index is 1220. The van der Waals surface area contributed by atoms with Crippen LogP contribution in [-0.2, 0) is 9.59 Å². The van der Waals surface area contributed by atoms with Crippen molar-refractivity contribution >= 4 is 29.6 Å². The maximum Gasteiger partial charge on any atom is 0.335 e. The maximum absolute atomic E-state index is 13.1. The van der Waals surface area contributed by atoms with E-state index in [1.54, 1.807) is 31.5 Å². The molecule has 0 atom stereocenters. The van der Waals surface area contributed by atoms with Crippen molar-refractivity contribution in [1.29, 1.82) is 0 Å². The lowest BCUT2D eigenvalue weighted by Crippen LogP contribution is -2.54. The van der Waals surface area contributed by atoms with E-state index in [-0.39, 0.29) is 5.57 Å². The first-order valence-electron chi connectivity index (χ1n) is 9.69. The number of rotatable bonds is 4. The quantitative estimate of drug-likeness (QED) is 0.520. The van der Waals surface area contributed by atoms with Crippen LogP contribution in [0.5, 0.6) is 5.75 Å². The van der Waals surface area contributed by atoms with Gasteiger partial charge in [0.05, 0.1) is 12.8 Å². The summed E-state index contributed by atoms with van der Waals surface area (Å²) in [6, 6.07) is 13.9. The number of methoxy groups -OCH3 is 1. The van der Waals surface area contributed by atoms with Gasteiger partial charge in [0, 0.05) is 18.1 Å². The molecule has 0 aliphatic carbocycles. The molecule has 4 rings (SSSR count). The minimum atomic E-state index is -0.753. The summed E-state index contributed by atoms with van der Waals surface area (Å²) in [5.41, 5.74) is 3.65. The molecular weight excluding hydrogens is 394 g/mol. The Morgan fingerprint density at radius 1 is 0.968 bits per heavy atom. The third kappa shape index (κ3) is 3.73. The SMILES string of the molecule is COc1ccc(-n2ccc(/C=C3/C(=O)NC(=O)N(c4cccc(C)c4C)C3=O)c2)cc1. The number of barbiturate groups is 1. The van der Waals surface area contributed by atoms with Crippen molar-refractivity contribution < 1.29 is 19.1 Å². The Morgan fingerprint density at radius 2 is 1.71 bits per heavy atom. The largest absolute Gasteiger partial charge is 0.497 e. The monoisotopic (exact) mass is 415 g/mol. The molecule has 0 unspecified atom stereocenters. The van der Waals surface area contributed by atoms with Crippen LogP contribution in [0.25, 0.3) is 11.8 Å². The van der Waals surface area contributed by atoms with Crippen molar-refractivity contribution in [1.82, 2.24) is 9.88 Å². The van der Waals surface area contributed by atoms with Crippen LogP contribution < -0.4 is 15.0 Å². The number of nitrogens with one attached hydrogen (secondary N) is 1. The average Bonchev–Trinajstić information content (AvgIpc) is 3.23. The van der Waals surface area contributed by atoms with Crippen molar-refractivity contribution in [3.63, 3.8) is 0 Å². The van der Waals surface area contributed by atoms with E-state index < -0.39 is 17.8 Å². The Labute approximate surface area is 179 Å². The van der Waals surface area contributed by atoms with Gasteiger partial charge in [-0.2, -0.15) is 0 Å². The van der Waals surface area contributed by atoms with E-state index in [2.05, 4.69) is 5.32 Å². The second-order valence-corrected chi connectivity index (χ2v) is 7.23. The van der Waals surface area contributed by atoms with Gasteiger partial charge in [-0.05, 0) is 73.0 Å². The summed E-state index contributed by atoms with van der Waals surface area (Å²) in [5.74, 6) is -0.618. The minimum Gasteiger partial charge on any atom is -0.497 e. The number of anilines is 1. The molecule has 2 heterocycles. The van der Waals surface area contributed by atoms with Crippen molar-refractivity contribution in [2.45, 2.75) is 13.8 Å². The first kappa shape index (κ1) is 20.2. The summed E-state index contributed by atoms with van der Waals surface area (Å²) in [4.78, 5) is 39.0. The van der Waals surface area contributed by atoms with E-state index >= 15 is 0 Å². The number of carbonyl (C=O) groups is 3. The van der Waals surface area contributed by atoms with Gasteiger partial charge in [-0.25, -0.2) is 9.69 Å². The van der Waals surface area contributed by atoms with Crippen LogP contribution in [0, 0.1) is 13.8 Å². The lowest BCUT2D eigenvalue weighted by Gasteiger charge is -2.28. The molecule has 1 saturated heterocycles. The van der Waals surface area contributed by atoms with Gasteiger partial charge in [-0.1, -0.05) is 12.1 Å². The molecule has 7 heteroatoms. The molecule has 4 amide bonds. The summed E-state index contributed by atoms with van der Waals surface area (Å²) in [6.45, 7) is 3.73. The molecule has 1 fully saturated rings. The zero-order valence-electron chi connectivity index (χ0n) is 17.4. The fourth-order valence-corrected chi connectivity index (χ4v) is 3.43. The third-order valence-corrected chi connectivity index (χ3v) is 5.32. The van der Waals surface area contributed by atoms with Crippen molar-refractivity contribution in [3.8, 4) is 11.4 Å². The number of hydrogen-bond acceptors (Lipinski definition) is 4. The topological polar surface area (TPSA) is 80.6 Å². The fourth-order valence-electron chi connectivity index (χ4n) is 3.43. The van der Waals surface area contributed by atoms with Gasteiger partial charge in [0.15, 0.2) is 0 Å². The van der Waals surface area contributed by atoms with Gasteiger partial charge >= 0.3 is 6.03 Å². The molecule has 31 heavy (non-hydrogen) atoms. The number of amides is 4. The zero-order chi connectivity index (χ0) is 22.1. The summed E-state index contributed by atoms with van der Waals surface area (Å²) >= 11 is 0. The average molecular weight is 415 g/mol. The molecule has 0 saturated carbocycles. The first-order valence-corrected chi connectivity index (χ1v) is 9.69. The molecule has 1 N–H and O–H groups in total. The molecule has 1 aliphatic rings. The first-order chi connectivity index (χ1) is 14.9. The summed E-state index contributed by atoms with van der Waals surface area (Å²) in [5, 5.41) is 2.26. The zero-order valence-corrected chi connectivity index (χ0v) is 17.4. The van der Waals surface area contributed by atoms with Crippen LogP contribution in [0.2, 0.25) is 0 Å². The second kappa shape index (κ2) is 7.95. The highest BCUT2D eigenvalue weighted by atomic mass is 16.5. The van der Waals surface area contributed by atoms with Crippen molar-refractivity contribution in [2.24, 2.45) is 0 Å². The summed E-state index contributed by atoms with van der Waals surface area (Å²) in [6.07, 6.45) is 5.11. The lowest BCUT2D eigenvalue weighted by atomic mass is 10.0. The molecule has 2 aromatic carbocycles. The smallest absolute Gasteiger partial charge is 0.335 e. The Morgan fingerprint density at radius 3 is 2.42 bits per heavy atom. The highest BCUT2D eigenvalue weighted by Gasteiger charge is 2.37. The molecule has 7 nitrogen and oxygen atoms in total. The number of aromatic nitrogens is 1. The predicted molar refractivity (Wildman–Crippen MR) is 117 cm³/mol. The maximum atomic E-state index is 13.1. The van der Waals surface area contributed by atoms with Crippen LogP contribution in [-0.4, -0.2) is 29.5 Å². The molecule has 0 bridgehead atoms. The number of imide groups is 2. The third-order valence-electron chi connectivity index (χ3n) is 5.32. The van der Waals surface area contributed by atoms with Crippen LogP contribution in [0.3, 0.4) is 0 Å². The van der Waals surface area contributed by atoms with E-state index in [0.29, 0.717) is 11.3 Å². The molecule has 1 aliphatic heterocycles. The number of carbonyl (C=O) groups excluding carboxylic acids is 3. The van der Waals surface area contributed by atoms with Gasteiger partial charge in [0.2, 0.25) is 0 Å². The standard InChI is InChI=1S/C24H21N3O4/c1-15-5-4-6-21(16(15)2)27-23(29)20(22(28)25-24(27)30)13-17-11-12-26(14-17)18-7-9-19(31-3)10-8-18/h4-14H,1-3H3,(H,25,28,30)/b20-13-. The van der Waals surface area contributed by atoms with Crippen molar-refractivity contribution in [3.05, 3.63) is 83.2 Å². The second-order valence-electron chi connectivity index (χ2n) is 7.23. The van der Waals surface area contributed by atoms with E-state index in [4.69, 9.17) is 4.74 Å². The molecule has 0 spiro atoms. The fraction of sp³-hybridized carbons (Fsp3) is 0.125. The number of ether oxygens (including phenoxy) is 1. The van der Waals surface area contributed by atoms with Crippen molar-refractivity contribution in [2.75, 3.05) is 12.0 Å². The molecule has 1 aromatic heterocycles. The van der Waals surface area contributed by atoms with E-state index in [0.717, 1.165) is 27.5 Å². The predicted octanol–water partition coefficient (Wildman–Crippen LogP) is 3.77.